The van der Waals surface area contributed by atoms with Gasteiger partial charge in [-0.1, -0.05) is 26.8 Å². The molecule has 82 valence electrons. The van der Waals surface area contributed by atoms with Gasteiger partial charge in [0.25, 0.3) is 0 Å². The Bertz CT molecular complexity index is 396. The third kappa shape index (κ3) is 2.09. The second-order valence-electron chi connectivity index (χ2n) is 4.58. The van der Waals surface area contributed by atoms with Crippen LogP contribution in [0.3, 0.4) is 0 Å². The molecule has 0 amide bonds. The van der Waals surface area contributed by atoms with E-state index >= 15 is 0 Å². The topological polar surface area (TPSA) is 9.23 Å². The summed E-state index contributed by atoms with van der Waals surface area (Å²) in [5, 5.41) is 0. The molecule has 0 spiro atoms. The molecule has 1 aliphatic rings. The van der Waals surface area contributed by atoms with Crippen molar-refractivity contribution in [3.05, 3.63) is 23.8 Å². The van der Waals surface area contributed by atoms with Crippen molar-refractivity contribution in [2.45, 2.75) is 36.5 Å². The highest BCUT2D eigenvalue weighted by Gasteiger charge is 2.41. The minimum Gasteiger partial charge on any atom is -0.423 e. The minimum absolute atomic E-state index is 0.0546. The number of ether oxygens (including phenoxy) is 1. The van der Waals surface area contributed by atoms with Gasteiger partial charge >= 0.3 is 5.44 Å². The zero-order chi connectivity index (χ0) is 11.3. The van der Waals surface area contributed by atoms with E-state index in [4.69, 9.17) is 0 Å². The Morgan fingerprint density at radius 3 is 2.53 bits per heavy atom. The van der Waals surface area contributed by atoms with Crippen LogP contribution in [0.4, 0.5) is 8.78 Å². The fraction of sp³-hybridized carbons (Fsp3) is 0.455. The van der Waals surface area contributed by atoms with Crippen LogP contribution in [-0.4, -0.2) is 5.44 Å². The number of thioether (sulfide) groups is 1. The largest absolute Gasteiger partial charge is 0.457 e. The van der Waals surface area contributed by atoms with Crippen LogP contribution < -0.4 is 4.74 Å². The predicted octanol–water partition coefficient (Wildman–Crippen LogP) is 4.02. The number of benzene rings is 1. The van der Waals surface area contributed by atoms with E-state index in [0.29, 0.717) is 16.7 Å². The highest BCUT2D eigenvalue weighted by molar-refractivity contribution is 8.00. The van der Waals surface area contributed by atoms with Crippen molar-refractivity contribution in [2.75, 3.05) is 0 Å². The molecule has 1 nitrogen and oxygen atoms in total. The van der Waals surface area contributed by atoms with E-state index in [0.717, 1.165) is 5.56 Å². The quantitative estimate of drug-likeness (QED) is 0.665. The van der Waals surface area contributed by atoms with Gasteiger partial charge in [0, 0.05) is 0 Å². The molecule has 0 radical (unpaired) electrons. The highest BCUT2D eigenvalue weighted by atomic mass is 32.2. The summed E-state index contributed by atoms with van der Waals surface area (Å²) < 4.78 is 30.4. The Hall–Kier alpha value is -0.770. The van der Waals surface area contributed by atoms with Gasteiger partial charge < -0.3 is 4.74 Å². The van der Waals surface area contributed by atoms with Crippen LogP contribution in [0.25, 0.3) is 0 Å². The molecule has 0 N–H and O–H groups in total. The fourth-order valence-electron chi connectivity index (χ4n) is 1.42. The van der Waals surface area contributed by atoms with Crippen LogP contribution in [0.5, 0.6) is 5.75 Å². The van der Waals surface area contributed by atoms with Gasteiger partial charge in [0.2, 0.25) is 0 Å². The number of alkyl halides is 2. The Balaban J connectivity index is 2.39. The number of fused-ring (bicyclic) bond motifs is 1. The molecule has 1 aliphatic heterocycles. The smallest absolute Gasteiger partial charge is 0.423 e. The molecule has 2 rings (SSSR count). The molecule has 0 saturated carbocycles. The molecule has 1 aromatic carbocycles. The summed E-state index contributed by atoms with van der Waals surface area (Å²) in [6, 6.07) is 5.27. The normalized spacial score (nSPS) is 18.5. The molecule has 1 heterocycles. The summed E-state index contributed by atoms with van der Waals surface area (Å²) in [4.78, 5) is 0.507. The fourth-order valence-corrected chi connectivity index (χ4v) is 2.14. The van der Waals surface area contributed by atoms with Crippen molar-refractivity contribution < 1.29 is 13.5 Å². The number of hydrogen-bond acceptors (Lipinski definition) is 2. The summed E-state index contributed by atoms with van der Waals surface area (Å²) in [6.07, 6.45) is 0. The maximum atomic E-state index is 12.9. The molecule has 0 aliphatic carbocycles. The predicted molar refractivity (Wildman–Crippen MR) is 56.6 cm³/mol. The van der Waals surface area contributed by atoms with E-state index in [1.54, 1.807) is 12.1 Å². The van der Waals surface area contributed by atoms with Crippen molar-refractivity contribution in [1.29, 1.82) is 0 Å². The zero-order valence-corrected chi connectivity index (χ0v) is 9.62. The summed E-state index contributed by atoms with van der Waals surface area (Å²) in [6.45, 7) is 6.11. The lowest BCUT2D eigenvalue weighted by atomic mass is 9.87. The lowest BCUT2D eigenvalue weighted by molar-refractivity contribution is -0.0822. The van der Waals surface area contributed by atoms with Gasteiger partial charge in [0.05, 0.1) is 4.90 Å². The first-order valence-electron chi connectivity index (χ1n) is 4.68. The Morgan fingerprint density at radius 1 is 1.27 bits per heavy atom. The van der Waals surface area contributed by atoms with E-state index in [1.807, 2.05) is 26.8 Å². The monoisotopic (exact) mass is 230 g/mol. The van der Waals surface area contributed by atoms with Crippen LogP contribution in [-0.2, 0) is 5.41 Å². The summed E-state index contributed by atoms with van der Waals surface area (Å²) in [5.41, 5.74) is -2.17. The first-order chi connectivity index (χ1) is 6.78. The van der Waals surface area contributed by atoms with Gasteiger partial charge in [-0.3, -0.25) is 0 Å². The molecule has 0 saturated heterocycles. The van der Waals surface area contributed by atoms with Gasteiger partial charge in [-0.25, -0.2) is 0 Å². The first-order valence-corrected chi connectivity index (χ1v) is 5.50. The van der Waals surface area contributed by atoms with E-state index in [1.165, 1.54) is 0 Å². The van der Waals surface area contributed by atoms with E-state index in [-0.39, 0.29) is 11.2 Å². The lowest BCUT2D eigenvalue weighted by Gasteiger charge is -2.19. The molecular weight excluding hydrogens is 218 g/mol. The van der Waals surface area contributed by atoms with Gasteiger partial charge in [-0.2, -0.15) is 8.78 Å². The second-order valence-corrected chi connectivity index (χ2v) is 5.70. The molecule has 0 atom stereocenters. The van der Waals surface area contributed by atoms with E-state index in [9.17, 15) is 8.78 Å². The SMILES string of the molecule is CC(C)(C)c1ccc2c(c1)OC(F)(F)S2. The minimum atomic E-state index is -3.11. The van der Waals surface area contributed by atoms with Gasteiger partial charge in [-0.05, 0) is 34.9 Å². The first kappa shape index (κ1) is 10.7. The van der Waals surface area contributed by atoms with Crippen molar-refractivity contribution in [2.24, 2.45) is 0 Å². The molecule has 1 aromatic rings. The molecule has 0 unspecified atom stereocenters. The highest BCUT2D eigenvalue weighted by Crippen LogP contribution is 2.49. The zero-order valence-electron chi connectivity index (χ0n) is 8.80. The number of rotatable bonds is 0. The standard InChI is InChI=1S/C11H12F2OS/c1-10(2,3)7-4-5-9-8(6-7)14-11(12,13)15-9/h4-6H,1-3H3. The summed E-state index contributed by atoms with van der Waals surface area (Å²) >= 11 is 0.457. The number of hydrogen-bond donors (Lipinski definition) is 0. The molecular formula is C11H12F2OS. The van der Waals surface area contributed by atoms with Gasteiger partial charge in [0.1, 0.15) is 5.75 Å². The molecule has 0 aromatic heterocycles. The lowest BCUT2D eigenvalue weighted by Crippen LogP contribution is -2.14. The maximum absolute atomic E-state index is 12.9. The summed E-state index contributed by atoms with van der Waals surface area (Å²) in [5.74, 6) is 0.289. The Labute approximate surface area is 91.8 Å². The molecule has 15 heavy (non-hydrogen) atoms. The van der Waals surface area contributed by atoms with Gasteiger partial charge in [0.15, 0.2) is 0 Å². The van der Waals surface area contributed by atoms with Crippen LogP contribution in [0.2, 0.25) is 0 Å². The van der Waals surface area contributed by atoms with Crippen molar-refractivity contribution in [3.8, 4) is 5.75 Å². The molecule has 0 bridgehead atoms. The Kier molecular flexibility index (Phi) is 2.23. The molecule has 4 heteroatoms. The Morgan fingerprint density at radius 2 is 1.93 bits per heavy atom. The van der Waals surface area contributed by atoms with Gasteiger partial charge in [-0.15, -0.1) is 0 Å². The van der Waals surface area contributed by atoms with Crippen LogP contribution in [0.1, 0.15) is 26.3 Å². The third-order valence-electron chi connectivity index (χ3n) is 2.27. The molecule has 0 fully saturated rings. The number of halogens is 2. The average Bonchev–Trinajstić information content (AvgIpc) is 2.34. The van der Waals surface area contributed by atoms with Crippen molar-refractivity contribution in [1.82, 2.24) is 0 Å². The van der Waals surface area contributed by atoms with Crippen LogP contribution in [0.15, 0.2) is 23.1 Å². The van der Waals surface area contributed by atoms with E-state index < -0.39 is 5.44 Å². The van der Waals surface area contributed by atoms with E-state index in [2.05, 4.69) is 4.74 Å². The second kappa shape index (κ2) is 3.11. The maximum Gasteiger partial charge on any atom is 0.457 e. The van der Waals surface area contributed by atoms with Crippen molar-refractivity contribution in [3.63, 3.8) is 0 Å². The van der Waals surface area contributed by atoms with Crippen LogP contribution in [0, 0.1) is 0 Å². The van der Waals surface area contributed by atoms with Crippen molar-refractivity contribution >= 4 is 11.8 Å². The summed E-state index contributed by atoms with van der Waals surface area (Å²) in [7, 11) is 0. The third-order valence-corrected chi connectivity index (χ3v) is 3.15. The average molecular weight is 230 g/mol. The van der Waals surface area contributed by atoms with Crippen LogP contribution >= 0.6 is 11.8 Å².